The molecule has 0 saturated carbocycles. The molecule has 0 aliphatic rings. The van der Waals surface area contributed by atoms with E-state index in [0.717, 1.165) is 0 Å². The van der Waals surface area contributed by atoms with Gasteiger partial charge in [-0.3, -0.25) is 4.79 Å². The van der Waals surface area contributed by atoms with Gasteiger partial charge >= 0.3 is 5.97 Å². The number of rotatable bonds is 6. The lowest BCUT2D eigenvalue weighted by Crippen LogP contribution is -2.13. The Labute approximate surface area is 175 Å². The molecule has 0 saturated heterocycles. The van der Waals surface area contributed by atoms with E-state index in [2.05, 4.69) is 5.32 Å². The van der Waals surface area contributed by atoms with Crippen LogP contribution in [0.15, 0.2) is 42.0 Å². The van der Waals surface area contributed by atoms with Crippen molar-refractivity contribution in [2.45, 2.75) is 6.92 Å². The number of phenols is 1. The standard InChI is InChI=1S/C20H17IN2O5/c1-3-28-20(26)13-4-6-15(7-5-13)23-19(25)14(11-22)8-12-9-16(21)18(24)17(10-12)27-2/h4-10,24H,3H2,1-2H3,(H,23,25)/b14-8+. The number of phenolic OH excluding ortho intramolecular Hbond substituents is 1. The Morgan fingerprint density at radius 1 is 1.29 bits per heavy atom. The Morgan fingerprint density at radius 2 is 1.96 bits per heavy atom. The highest BCUT2D eigenvalue weighted by Crippen LogP contribution is 2.33. The Balaban J connectivity index is 2.20. The number of hydrogen-bond acceptors (Lipinski definition) is 6. The number of halogens is 1. The van der Waals surface area contributed by atoms with Gasteiger partial charge in [0.15, 0.2) is 11.5 Å². The van der Waals surface area contributed by atoms with E-state index in [1.165, 1.54) is 31.4 Å². The molecule has 8 heteroatoms. The van der Waals surface area contributed by atoms with Gasteiger partial charge in [0.2, 0.25) is 0 Å². The number of aromatic hydroxyl groups is 1. The molecule has 2 N–H and O–H groups in total. The van der Waals surface area contributed by atoms with E-state index in [1.54, 1.807) is 25.1 Å². The Morgan fingerprint density at radius 3 is 2.54 bits per heavy atom. The molecule has 0 unspecified atom stereocenters. The third-order valence-electron chi connectivity index (χ3n) is 3.60. The first kappa shape index (κ1) is 21.2. The second-order valence-electron chi connectivity index (χ2n) is 5.48. The number of amides is 1. The summed E-state index contributed by atoms with van der Waals surface area (Å²) in [6.07, 6.45) is 1.40. The van der Waals surface area contributed by atoms with Gasteiger partial charge in [-0.05, 0) is 77.6 Å². The number of carbonyl (C=O) groups is 2. The maximum atomic E-state index is 12.4. The zero-order chi connectivity index (χ0) is 20.7. The highest BCUT2D eigenvalue weighted by Gasteiger charge is 2.13. The van der Waals surface area contributed by atoms with Crippen LogP contribution in [0.1, 0.15) is 22.8 Å². The summed E-state index contributed by atoms with van der Waals surface area (Å²) in [7, 11) is 1.41. The maximum absolute atomic E-state index is 12.4. The van der Waals surface area contributed by atoms with E-state index in [-0.39, 0.29) is 23.7 Å². The molecule has 2 aromatic carbocycles. The highest BCUT2D eigenvalue weighted by atomic mass is 127. The van der Waals surface area contributed by atoms with Gasteiger partial charge in [-0.2, -0.15) is 5.26 Å². The third-order valence-corrected chi connectivity index (χ3v) is 4.42. The molecule has 2 rings (SSSR count). The molecule has 0 aromatic heterocycles. The van der Waals surface area contributed by atoms with Crippen molar-refractivity contribution in [3.63, 3.8) is 0 Å². The van der Waals surface area contributed by atoms with Crippen LogP contribution >= 0.6 is 22.6 Å². The number of anilines is 1. The van der Waals surface area contributed by atoms with E-state index in [4.69, 9.17) is 9.47 Å². The van der Waals surface area contributed by atoms with Crippen molar-refractivity contribution < 1.29 is 24.2 Å². The molecule has 0 fully saturated rings. The third kappa shape index (κ3) is 5.23. The fourth-order valence-corrected chi connectivity index (χ4v) is 2.88. The van der Waals surface area contributed by atoms with Crippen molar-refractivity contribution in [2.24, 2.45) is 0 Å². The quantitative estimate of drug-likeness (QED) is 0.276. The Bertz CT molecular complexity index is 962. The lowest BCUT2D eigenvalue weighted by molar-refractivity contribution is -0.112. The molecule has 0 heterocycles. The number of methoxy groups -OCH3 is 1. The molecule has 0 atom stereocenters. The predicted molar refractivity (Wildman–Crippen MR) is 112 cm³/mol. The number of esters is 1. The smallest absolute Gasteiger partial charge is 0.338 e. The number of hydrogen-bond donors (Lipinski definition) is 2. The fourth-order valence-electron chi connectivity index (χ4n) is 2.25. The predicted octanol–water partition coefficient (Wildman–Crippen LogP) is 3.73. The lowest BCUT2D eigenvalue weighted by Gasteiger charge is -2.08. The molecule has 2 aromatic rings. The SMILES string of the molecule is CCOC(=O)c1ccc(NC(=O)/C(C#N)=C/c2cc(I)c(O)c(OC)c2)cc1. The zero-order valence-corrected chi connectivity index (χ0v) is 17.3. The van der Waals surface area contributed by atoms with Gasteiger partial charge in [0, 0.05) is 5.69 Å². The number of ether oxygens (including phenoxy) is 2. The van der Waals surface area contributed by atoms with Crippen LogP contribution in [0.25, 0.3) is 6.08 Å². The number of nitrogens with zero attached hydrogens (tertiary/aromatic N) is 1. The summed E-state index contributed by atoms with van der Waals surface area (Å²) in [5, 5.41) is 21.8. The first-order valence-corrected chi connectivity index (χ1v) is 9.24. The number of nitrogens with one attached hydrogen (secondary N) is 1. The minimum absolute atomic E-state index is 0.00935. The van der Waals surface area contributed by atoms with Gasteiger partial charge in [-0.1, -0.05) is 0 Å². The summed E-state index contributed by atoms with van der Waals surface area (Å²) >= 11 is 1.93. The van der Waals surface area contributed by atoms with Gasteiger partial charge in [-0.15, -0.1) is 0 Å². The summed E-state index contributed by atoms with van der Waals surface area (Å²) in [5.41, 5.74) is 1.19. The average Bonchev–Trinajstić information content (AvgIpc) is 2.69. The van der Waals surface area contributed by atoms with Gasteiger partial charge in [0.25, 0.3) is 5.91 Å². The summed E-state index contributed by atoms with van der Waals surface area (Å²) in [4.78, 5) is 24.0. The van der Waals surface area contributed by atoms with E-state index >= 15 is 0 Å². The topological polar surface area (TPSA) is 109 Å². The summed E-state index contributed by atoms with van der Waals surface area (Å²) in [5.74, 6) is -0.822. The molecule has 7 nitrogen and oxygen atoms in total. The molecule has 0 radical (unpaired) electrons. The van der Waals surface area contributed by atoms with Crippen LogP contribution in [0, 0.1) is 14.9 Å². The summed E-state index contributed by atoms with van der Waals surface area (Å²) in [6, 6.07) is 11.1. The van der Waals surface area contributed by atoms with Crippen molar-refractivity contribution in [1.29, 1.82) is 5.26 Å². The van der Waals surface area contributed by atoms with Crippen LogP contribution in [0.2, 0.25) is 0 Å². The van der Waals surface area contributed by atoms with E-state index in [9.17, 15) is 20.0 Å². The fraction of sp³-hybridized carbons (Fsp3) is 0.150. The molecule has 0 aliphatic heterocycles. The van der Waals surface area contributed by atoms with Crippen molar-refractivity contribution in [3.05, 3.63) is 56.7 Å². The molecule has 144 valence electrons. The zero-order valence-electron chi connectivity index (χ0n) is 15.2. The van der Waals surface area contributed by atoms with Crippen molar-refractivity contribution in [2.75, 3.05) is 19.0 Å². The molecule has 0 bridgehead atoms. The largest absolute Gasteiger partial charge is 0.504 e. The lowest BCUT2D eigenvalue weighted by atomic mass is 10.1. The number of benzene rings is 2. The Kier molecular flexibility index (Phi) is 7.40. The molecule has 28 heavy (non-hydrogen) atoms. The first-order valence-electron chi connectivity index (χ1n) is 8.16. The monoisotopic (exact) mass is 492 g/mol. The van der Waals surface area contributed by atoms with E-state index in [0.29, 0.717) is 20.4 Å². The number of nitriles is 1. The maximum Gasteiger partial charge on any atom is 0.338 e. The molecule has 0 aliphatic carbocycles. The van der Waals surface area contributed by atoms with Crippen LogP contribution in [-0.4, -0.2) is 30.7 Å². The van der Waals surface area contributed by atoms with Crippen LogP contribution in [0.4, 0.5) is 5.69 Å². The first-order chi connectivity index (χ1) is 13.4. The van der Waals surface area contributed by atoms with Crippen molar-refractivity contribution >= 4 is 46.2 Å². The van der Waals surface area contributed by atoms with Crippen LogP contribution in [0.3, 0.4) is 0 Å². The molecule has 1 amide bonds. The van der Waals surface area contributed by atoms with Gasteiger partial charge in [-0.25, -0.2) is 4.79 Å². The minimum atomic E-state index is -0.603. The van der Waals surface area contributed by atoms with Gasteiger partial charge in [0.05, 0.1) is 22.9 Å². The number of carbonyl (C=O) groups excluding carboxylic acids is 2. The normalized spacial score (nSPS) is 10.7. The van der Waals surface area contributed by atoms with Crippen LogP contribution in [-0.2, 0) is 9.53 Å². The van der Waals surface area contributed by atoms with Crippen molar-refractivity contribution in [1.82, 2.24) is 0 Å². The van der Waals surface area contributed by atoms with Crippen molar-refractivity contribution in [3.8, 4) is 17.6 Å². The van der Waals surface area contributed by atoms with Gasteiger partial charge < -0.3 is 19.9 Å². The van der Waals surface area contributed by atoms with Gasteiger partial charge in [0.1, 0.15) is 11.6 Å². The summed E-state index contributed by atoms with van der Waals surface area (Å²) in [6.45, 7) is 1.99. The Hall–Kier alpha value is -3.06. The molecular weight excluding hydrogens is 475 g/mol. The van der Waals surface area contributed by atoms with Crippen LogP contribution in [0.5, 0.6) is 11.5 Å². The molecular formula is C20H17IN2O5. The summed E-state index contributed by atoms with van der Waals surface area (Å²) < 4.78 is 10.5. The van der Waals surface area contributed by atoms with E-state index < -0.39 is 11.9 Å². The minimum Gasteiger partial charge on any atom is -0.504 e. The second kappa shape index (κ2) is 9.75. The molecule has 0 spiro atoms. The van der Waals surface area contributed by atoms with E-state index in [1.807, 2.05) is 28.7 Å². The van der Waals surface area contributed by atoms with Crippen LogP contribution < -0.4 is 10.1 Å². The second-order valence-corrected chi connectivity index (χ2v) is 6.64. The average molecular weight is 492 g/mol. The highest BCUT2D eigenvalue weighted by molar-refractivity contribution is 14.1.